The molecule has 0 saturated heterocycles. The molecule has 31 heavy (non-hydrogen) atoms. The van der Waals surface area contributed by atoms with Gasteiger partial charge in [0.05, 0.1) is 12.2 Å². The van der Waals surface area contributed by atoms with Crippen molar-refractivity contribution in [2.45, 2.75) is 32.7 Å². The van der Waals surface area contributed by atoms with Crippen LogP contribution in [0.1, 0.15) is 46.5 Å². The van der Waals surface area contributed by atoms with Crippen LogP contribution in [-0.2, 0) is 6.42 Å². The minimum Gasteiger partial charge on any atom is -0.492 e. The summed E-state index contributed by atoms with van der Waals surface area (Å²) < 4.78 is 5.88. The van der Waals surface area contributed by atoms with E-state index >= 15 is 0 Å². The summed E-state index contributed by atoms with van der Waals surface area (Å²) in [6.07, 6.45) is 1.63. The topological polar surface area (TPSA) is 67.4 Å². The van der Waals surface area contributed by atoms with Gasteiger partial charge in [0.2, 0.25) is 0 Å². The van der Waals surface area contributed by atoms with Gasteiger partial charge in [-0.3, -0.25) is 9.59 Å². The van der Waals surface area contributed by atoms with Crippen molar-refractivity contribution in [2.24, 2.45) is 0 Å². The van der Waals surface area contributed by atoms with E-state index in [1.807, 2.05) is 38.1 Å². The molecule has 5 nitrogen and oxygen atoms in total. The average Bonchev–Trinajstić information content (AvgIpc) is 2.80. The van der Waals surface area contributed by atoms with Gasteiger partial charge < -0.3 is 15.4 Å². The molecule has 3 rings (SSSR count). The summed E-state index contributed by atoms with van der Waals surface area (Å²) in [5.74, 6) is 0.164. The maximum Gasteiger partial charge on any atom is 0.259 e. The monoisotopic (exact) mass is 416 g/mol. The third-order valence-electron chi connectivity index (χ3n) is 5.02. The number of benzene rings is 3. The molecule has 0 spiro atoms. The van der Waals surface area contributed by atoms with Crippen LogP contribution in [0.4, 0.5) is 5.69 Å². The summed E-state index contributed by atoms with van der Waals surface area (Å²) in [7, 11) is 0. The number of rotatable bonds is 9. The Kier molecular flexibility index (Phi) is 7.82. The highest BCUT2D eigenvalue weighted by atomic mass is 16.5. The van der Waals surface area contributed by atoms with Crippen molar-refractivity contribution in [3.63, 3.8) is 0 Å². The lowest BCUT2D eigenvalue weighted by molar-refractivity contribution is 0.0938. The predicted octanol–water partition coefficient (Wildman–Crippen LogP) is 5.09. The molecule has 0 bridgehead atoms. The SMILES string of the molecule is CCC(C)NC(=O)c1ccc(NC(=O)c2ccccc2OCCc2ccccc2)cc1. The summed E-state index contributed by atoms with van der Waals surface area (Å²) >= 11 is 0. The average molecular weight is 417 g/mol. The van der Waals surface area contributed by atoms with Crippen molar-refractivity contribution in [1.29, 1.82) is 0 Å². The minimum absolute atomic E-state index is 0.116. The van der Waals surface area contributed by atoms with Crippen molar-refractivity contribution in [3.05, 3.63) is 95.6 Å². The Morgan fingerprint density at radius 1 is 0.871 bits per heavy atom. The van der Waals surface area contributed by atoms with Crippen LogP contribution in [0.15, 0.2) is 78.9 Å². The zero-order valence-electron chi connectivity index (χ0n) is 17.9. The molecule has 0 radical (unpaired) electrons. The molecular formula is C26H28N2O3. The third kappa shape index (κ3) is 6.44. The Morgan fingerprint density at radius 2 is 1.55 bits per heavy atom. The highest BCUT2D eigenvalue weighted by molar-refractivity contribution is 6.06. The van der Waals surface area contributed by atoms with E-state index in [2.05, 4.69) is 22.8 Å². The molecule has 1 unspecified atom stereocenters. The molecule has 0 saturated carbocycles. The van der Waals surface area contributed by atoms with Crippen LogP contribution in [0, 0.1) is 0 Å². The van der Waals surface area contributed by atoms with E-state index < -0.39 is 0 Å². The fourth-order valence-corrected chi connectivity index (χ4v) is 3.02. The molecule has 0 heterocycles. The Balaban J connectivity index is 1.61. The largest absolute Gasteiger partial charge is 0.492 e. The lowest BCUT2D eigenvalue weighted by atomic mass is 10.1. The van der Waals surface area contributed by atoms with Crippen molar-refractivity contribution < 1.29 is 14.3 Å². The Labute approximate surface area is 183 Å². The number of carbonyl (C=O) groups is 2. The van der Waals surface area contributed by atoms with Crippen LogP contribution in [0.2, 0.25) is 0 Å². The second-order valence-electron chi connectivity index (χ2n) is 7.39. The molecule has 0 fully saturated rings. The summed E-state index contributed by atoms with van der Waals surface area (Å²) in [6.45, 7) is 4.47. The van der Waals surface area contributed by atoms with E-state index in [-0.39, 0.29) is 17.9 Å². The number of anilines is 1. The Hall–Kier alpha value is -3.60. The van der Waals surface area contributed by atoms with Crippen molar-refractivity contribution in [1.82, 2.24) is 5.32 Å². The zero-order valence-corrected chi connectivity index (χ0v) is 17.9. The molecule has 2 N–H and O–H groups in total. The van der Waals surface area contributed by atoms with Gasteiger partial charge in [-0.25, -0.2) is 0 Å². The molecule has 0 aliphatic carbocycles. The summed E-state index contributed by atoms with van der Waals surface area (Å²) in [5.41, 5.74) is 2.82. The number of hydrogen-bond acceptors (Lipinski definition) is 3. The van der Waals surface area contributed by atoms with Gasteiger partial charge in [-0.05, 0) is 55.3 Å². The zero-order chi connectivity index (χ0) is 22.1. The van der Waals surface area contributed by atoms with E-state index in [4.69, 9.17) is 4.74 Å². The maximum absolute atomic E-state index is 12.8. The van der Waals surface area contributed by atoms with Gasteiger partial charge in [-0.1, -0.05) is 49.4 Å². The molecule has 1 atom stereocenters. The van der Waals surface area contributed by atoms with E-state index in [0.717, 1.165) is 12.8 Å². The summed E-state index contributed by atoms with van der Waals surface area (Å²) in [5, 5.41) is 5.80. The van der Waals surface area contributed by atoms with E-state index in [0.29, 0.717) is 29.2 Å². The quantitative estimate of drug-likeness (QED) is 0.511. The summed E-state index contributed by atoms with van der Waals surface area (Å²) in [6, 6.07) is 24.2. The number of amides is 2. The molecule has 160 valence electrons. The molecule has 2 amide bonds. The Bertz CT molecular complexity index is 1000. The second-order valence-corrected chi connectivity index (χ2v) is 7.39. The van der Waals surface area contributed by atoms with Crippen molar-refractivity contribution in [2.75, 3.05) is 11.9 Å². The third-order valence-corrected chi connectivity index (χ3v) is 5.02. The van der Waals surface area contributed by atoms with Crippen LogP contribution < -0.4 is 15.4 Å². The van der Waals surface area contributed by atoms with Crippen LogP contribution >= 0.6 is 0 Å². The van der Waals surface area contributed by atoms with Crippen LogP contribution in [0.25, 0.3) is 0 Å². The molecule has 0 aromatic heterocycles. The van der Waals surface area contributed by atoms with Gasteiger partial charge in [0.15, 0.2) is 0 Å². The van der Waals surface area contributed by atoms with Crippen LogP contribution in [0.3, 0.4) is 0 Å². The van der Waals surface area contributed by atoms with Gasteiger partial charge in [-0.2, -0.15) is 0 Å². The van der Waals surface area contributed by atoms with E-state index in [1.54, 1.807) is 42.5 Å². The predicted molar refractivity (Wildman–Crippen MR) is 124 cm³/mol. The van der Waals surface area contributed by atoms with Gasteiger partial charge in [0.25, 0.3) is 11.8 Å². The van der Waals surface area contributed by atoms with Crippen molar-refractivity contribution in [3.8, 4) is 5.75 Å². The molecule has 0 aliphatic rings. The number of ether oxygens (including phenoxy) is 1. The van der Waals surface area contributed by atoms with Gasteiger partial charge >= 0.3 is 0 Å². The van der Waals surface area contributed by atoms with E-state index in [9.17, 15) is 9.59 Å². The molecule has 3 aromatic carbocycles. The molecule has 0 aliphatic heterocycles. The molecular weight excluding hydrogens is 388 g/mol. The highest BCUT2D eigenvalue weighted by Gasteiger charge is 2.13. The number of hydrogen-bond donors (Lipinski definition) is 2. The smallest absolute Gasteiger partial charge is 0.259 e. The molecule has 5 heteroatoms. The van der Waals surface area contributed by atoms with Gasteiger partial charge in [0.1, 0.15) is 5.75 Å². The minimum atomic E-state index is -0.257. The number of para-hydroxylation sites is 1. The first-order chi connectivity index (χ1) is 15.1. The normalized spacial score (nSPS) is 11.4. The van der Waals surface area contributed by atoms with Gasteiger partial charge in [-0.15, -0.1) is 0 Å². The van der Waals surface area contributed by atoms with Crippen LogP contribution in [0.5, 0.6) is 5.75 Å². The van der Waals surface area contributed by atoms with Crippen LogP contribution in [-0.4, -0.2) is 24.5 Å². The highest BCUT2D eigenvalue weighted by Crippen LogP contribution is 2.20. The molecule has 3 aromatic rings. The lowest BCUT2D eigenvalue weighted by Gasteiger charge is -2.13. The standard InChI is InChI=1S/C26H28N2O3/c1-3-19(2)27-25(29)21-13-15-22(16-14-21)28-26(30)23-11-7-8-12-24(23)31-18-17-20-9-5-4-6-10-20/h4-16,19H,3,17-18H2,1-2H3,(H,27,29)(H,28,30). The maximum atomic E-state index is 12.8. The first-order valence-corrected chi connectivity index (χ1v) is 10.5. The first kappa shape index (κ1) is 22.1. The number of carbonyl (C=O) groups excluding carboxylic acids is 2. The fraction of sp³-hybridized carbons (Fsp3) is 0.231. The first-order valence-electron chi connectivity index (χ1n) is 10.5. The Morgan fingerprint density at radius 3 is 2.26 bits per heavy atom. The lowest BCUT2D eigenvalue weighted by Crippen LogP contribution is -2.31. The fourth-order valence-electron chi connectivity index (χ4n) is 3.02. The van der Waals surface area contributed by atoms with Crippen molar-refractivity contribution >= 4 is 17.5 Å². The number of nitrogens with one attached hydrogen (secondary N) is 2. The second kappa shape index (κ2) is 11.0. The van der Waals surface area contributed by atoms with Gasteiger partial charge in [0, 0.05) is 23.7 Å². The summed E-state index contributed by atoms with van der Waals surface area (Å²) in [4.78, 5) is 25.0. The van der Waals surface area contributed by atoms with E-state index in [1.165, 1.54) is 5.56 Å².